The molecule has 1 aromatic rings. The molecule has 19 heavy (non-hydrogen) atoms. The number of hydrogen-bond donors (Lipinski definition) is 0. The van der Waals surface area contributed by atoms with Crippen LogP contribution >= 0.6 is 0 Å². The molecule has 0 aliphatic heterocycles. The predicted octanol–water partition coefficient (Wildman–Crippen LogP) is 2.77. The van der Waals surface area contributed by atoms with E-state index in [0.29, 0.717) is 13.0 Å². The highest BCUT2D eigenvalue weighted by atomic mass is 16.5. The van der Waals surface area contributed by atoms with Crippen LogP contribution in [-0.2, 0) is 16.0 Å². The lowest BCUT2D eigenvalue weighted by molar-refractivity contribution is -0.146. The van der Waals surface area contributed by atoms with E-state index in [0.717, 1.165) is 17.7 Å². The summed E-state index contributed by atoms with van der Waals surface area (Å²) in [5.74, 6) is -0.0854. The Bertz CT molecular complexity index is 513. The molecule has 1 aliphatic carbocycles. The van der Waals surface area contributed by atoms with Gasteiger partial charge in [0.2, 0.25) is 0 Å². The maximum atomic E-state index is 12.1. The van der Waals surface area contributed by atoms with Crippen molar-refractivity contribution in [2.45, 2.75) is 46.6 Å². The quantitative estimate of drug-likeness (QED) is 0.788. The number of rotatable bonds is 3. The first kappa shape index (κ1) is 13.8. The Labute approximate surface area is 113 Å². The van der Waals surface area contributed by atoms with E-state index < -0.39 is 0 Å². The normalized spacial score (nSPS) is 18.8. The first-order valence-corrected chi connectivity index (χ1v) is 6.75. The summed E-state index contributed by atoms with van der Waals surface area (Å²) < 4.78 is 6.93. The maximum absolute atomic E-state index is 12.1. The topological polar surface area (TPSA) is 48.3 Å². The molecule has 0 bridgehead atoms. The molecule has 0 saturated heterocycles. The van der Waals surface area contributed by atoms with E-state index in [1.807, 2.05) is 23.8 Å². The number of ketones is 1. The van der Waals surface area contributed by atoms with Gasteiger partial charge in [0.25, 0.3) is 0 Å². The van der Waals surface area contributed by atoms with Gasteiger partial charge in [-0.25, -0.2) is 4.79 Å². The Kier molecular flexibility index (Phi) is 3.52. The van der Waals surface area contributed by atoms with Gasteiger partial charge in [-0.2, -0.15) is 0 Å². The third-order valence-corrected chi connectivity index (χ3v) is 3.65. The minimum atomic E-state index is -0.384. The molecule has 1 atom stereocenters. The Morgan fingerprint density at radius 3 is 2.79 bits per heavy atom. The number of hydrogen-bond acceptors (Lipinski definition) is 3. The first-order chi connectivity index (χ1) is 8.85. The highest BCUT2D eigenvalue weighted by Gasteiger charge is 2.34. The Morgan fingerprint density at radius 2 is 2.16 bits per heavy atom. The molecule has 104 valence electrons. The second-order valence-electron chi connectivity index (χ2n) is 5.95. The molecule has 1 aromatic heterocycles. The molecule has 0 N–H and O–H groups in total. The number of Topliss-reactive ketones (excluding diaryl/α,β-unsaturated/α-hetero) is 1. The predicted molar refractivity (Wildman–Crippen MR) is 72.2 cm³/mol. The van der Waals surface area contributed by atoms with Crippen molar-refractivity contribution >= 4 is 11.8 Å². The van der Waals surface area contributed by atoms with Crippen LogP contribution in [0.5, 0.6) is 0 Å². The average Bonchev–Trinajstić information content (AvgIpc) is 2.70. The molecule has 0 aromatic carbocycles. The van der Waals surface area contributed by atoms with Crippen LogP contribution in [-0.4, -0.2) is 22.9 Å². The Balaban J connectivity index is 2.35. The van der Waals surface area contributed by atoms with Crippen molar-refractivity contribution in [3.63, 3.8) is 0 Å². The molecule has 0 fully saturated rings. The highest BCUT2D eigenvalue weighted by Crippen LogP contribution is 2.36. The molecule has 0 amide bonds. The molecule has 2 rings (SSSR count). The van der Waals surface area contributed by atoms with Crippen LogP contribution in [0.2, 0.25) is 0 Å². The van der Waals surface area contributed by atoms with Crippen LogP contribution < -0.4 is 0 Å². The SMILES string of the molecule is CCOC(=O)C(C)n1ccc2c1CC(C)(C)CC2=O. The number of carbonyl (C=O) groups excluding carboxylic acids is 2. The van der Waals surface area contributed by atoms with E-state index in [1.165, 1.54) is 0 Å². The van der Waals surface area contributed by atoms with Gasteiger partial charge in [0, 0.05) is 23.9 Å². The van der Waals surface area contributed by atoms with Crippen molar-refractivity contribution < 1.29 is 14.3 Å². The molecule has 4 nitrogen and oxygen atoms in total. The van der Waals surface area contributed by atoms with E-state index in [4.69, 9.17) is 4.74 Å². The van der Waals surface area contributed by atoms with Crippen molar-refractivity contribution in [2.75, 3.05) is 6.61 Å². The van der Waals surface area contributed by atoms with Gasteiger partial charge >= 0.3 is 5.97 Å². The second kappa shape index (κ2) is 4.83. The van der Waals surface area contributed by atoms with Crippen molar-refractivity contribution in [3.8, 4) is 0 Å². The number of ether oxygens (including phenoxy) is 1. The molecule has 1 unspecified atom stereocenters. The molecule has 0 saturated carbocycles. The summed E-state index contributed by atoms with van der Waals surface area (Å²) in [6, 6.07) is 1.44. The van der Waals surface area contributed by atoms with Gasteiger partial charge in [0.05, 0.1) is 6.61 Å². The molecular weight excluding hydrogens is 242 g/mol. The lowest BCUT2D eigenvalue weighted by Crippen LogP contribution is -2.30. The highest BCUT2D eigenvalue weighted by molar-refractivity contribution is 5.99. The van der Waals surface area contributed by atoms with Gasteiger partial charge in [0.15, 0.2) is 5.78 Å². The third kappa shape index (κ3) is 2.57. The summed E-state index contributed by atoms with van der Waals surface area (Å²) in [6.45, 7) is 8.14. The summed E-state index contributed by atoms with van der Waals surface area (Å²) in [5.41, 5.74) is 1.67. The van der Waals surface area contributed by atoms with Gasteiger partial charge in [-0.1, -0.05) is 13.8 Å². The van der Waals surface area contributed by atoms with Crippen molar-refractivity contribution in [1.82, 2.24) is 4.57 Å². The lowest BCUT2D eigenvalue weighted by Gasteiger charge is -2.30. The van der Waals surface area contributed by atoms with Gasteiger partial charge < -0.3 is 9.30 Å². The first-order valence-electron chi connectivity index (χ1n) is 6.75. The maximum Gasteiger partial charge on any atom is 0.328 e. The van der Waals surface area contributed by atoms with Crippen LogP contribution in [0.4, 0.5) is 0 Å². The zero-order valence-electron chi connectivity index (χ0n) is 12.0. The number of nitrogens with zero attached hydrogens (tertiary/aromatic N) is 1. The van der Waals surface area contributed by atoms with Gasteiger partial charge in [-0.05, 0) is 31.7 Å². The van der Waals surface area contributed by atoms with Gasteiger partial charge in [0.1, 0.15) is 6.04 Å². The number of esters is 1. The largest absolute Gasteiger partial charge is 0.464 e. The smallest absolute Gasteiger partial charge is 0.328 e. The standard InChI is InChI=1S/C15H21NO3/c1-5-19-14(18)10(2)16-7-6-11-12(16)8-15(3,4)9-13(11)17/h6-7,10H,5,8-9H2,1-4H3. The van der Waals surface area contributed by atoms with Crippen molar-refractivity contribution in [3.05, 3.63) is 23.5 Å². The number of aromatic nitrogens is 1. The fraction of sp³-hybridized carbons (Fsp3) is 0.600. The molecular formula is C15H21NO3. The fourth-order valence-electron chi connectivity index (χ4n) is 2.71. The number of fused-ring (bicyclic) bond motifs is 1. The van der Waals surface area contributed by atoms with Crippen LogP contribution in [0.3, 0.4) is 0 Å². The van der Waals surface area contributed by atoms with Crippen molar-refractivity contribution in [1.29, 1.82) is 0 Å². The minimum Gasteiger partial charge on any atom is -0.464 e. The lowest BCUT2D eigenvalue weighted by atomic mass is 9.76. The van der Waals surface area contributed by atoms with Gasteiger partial charge in [-0.15, -0.1) is 0 Å². The zero-order valence-corrected chi connectivity index (χ0v) is 12.0. The van der Waals surface area contributed by atoms with E-state index in [1.54, 1.807) is 6.92 Å². The molecule has 1 heterocycles. The minimum absolute atomic E-state index is 0.0471. The molecule has 1 aliphatic rings. The van der Waals surface area contributed by atoms with Crippen LogP contribution in [0.15, 0.2) is 12.3 Å². The Hall–Kier alpha value is -1.58. The van der Waals surface area contributed by atoms with E-state index in [-0.39, 0.29) is 23.2 Å². The second-order valence-corrected chi connectivity index (χ2v) is 5.95. The Morgan fingerprint density at radius 1 is 1.47 bits per heavy atom. The van der Waals surface area contributed by atoms with Crippen LogP contribution in [0.25, 0.3) is 0 Å². The summed E-state index contributed by atoms with van der Waals surface area (Å²) in [7, 11) is 0. The number of carbonyl (C=O) groups is 2. The average molecular weight is 263 g/mol. The summed E-state index contributed by atoms with van der Waals surface area (Å²) >= 11 is 0. The van der Waals surface area contributed by atoms with E-state index in [9.17, 15) is 9.59 Å². The molecule has 4 heteroatoms. The molecule has 0 radical (unpaired) electrons. The fourth-order valence-corrected chi connectivity index (χ4v) is 2.71. The van der Waals surface area contributed by atoms with Crippen LogP contribution in [0, 0.1) is 5.41 Å². The van der Waals surface area contributed by atoms with Gasteiger partial charge in [-0.3, -0.25) is 4.79 Å². The summed E-state index contributed by atoms with van der Waals surface area (Å²) in [4.78, 5) is 23.9. The van der Waals surface area contributed by atoms with E-state index in [2.05, 4.69) is 13.8 Å². The molecule has 0 spiro atoms. The van der Waals surface area contributed by atoms with E-state index >= 15 is 0 Å². The van der Waals surface area contributed by atoms with Crippen LogP contribution in [0.1, 0.15) is 56.2 Å². The third-order valence-electron chi connectivity index (χ3n) is 3.65. The summed E-state index contributed by atoms with van der Waals surface area (Å²) in [5, 5.41) is 0. The summed E-state index contributed by atoms with van der Waals surface area (Å²) in [6.07, 6.45) is 3.20. The van der Waals surface area contributed by atoms with Crippen molar-refractivity contribution in [2.24, 2.45) is 5.41 Å². The zero-order chi connectivity index (χ0) is 14.2. The monoisotopic (exact) mass is 263 g/mol.